The van der Waals surface area contributed by atoms with Crippen LogP contribution in [0.4, 0.5) is 0 Å². The fourth-order valence-electron chi connectivity index (χ4n) is 1.20. The molecular weight excluding hydrogens is 164 g/mol. The minimum atomic E-state index is -0.0510. The first-order chi connectivity index (χ1) is 6.27. The van der Waals surface area contributed by atoms with E-state index in [2.05, 4.69) is 11.9 Å². The molecule has 0 aliphatic rings. The summed E-state index contributed by atoms with van der Waals surface area (Å²) in [5.41, 5.74) is 7.10. The third-order valence-corrected chi connectivity index (χ3v) is 1.89. The van der Waals surface area contributed by atoms with Crippen molar-refractivity contribution in [2.24, 2.45) is 5.73 Å². The van der Waals surface area contributed by atoms with Crippen LogP contribution in [-0.2, 0) is 0 Å². The maximum absolute atomic E-state index is 10.4. The van der Waals surface area contributed by atoms with Crippen molar-refractivity contribution in [2.75, 3.05) is 0 Å². The van der Waals surface area contributed by atoms with Crippen molar-refractivity contribution in [3.8, 4) is 0 Å². The van der Waals surface area contributed by atoms with E-state index in [1.807, 2.05) is 12.1 Å². The van der Waals surface area contributed by atoms with Gasteiger partial charge in [0, 0.05) is 6.04 Å². The molecule has 1 heterocycles. The molecule has 0 aliphatic heterocycles. The second-order valence-electron chi connectivity index (χ2n) is 3.00. The van der Waals surface area contributed by atoms with Gasteiger partial charge in [0.05, 0.1) is 5.69 Å². The summed E-state index contributed by atoms with van der Waals surface area (Å²) in [6.07, 6.45) is 2.66. The van der Waals surface area contributed by atoms with E-state index in [0.29, 0.717) is 5.69 Å². The fraction of sp³-hybridized carbons (Fsp3) is 0.400. The van der Waals surface area contributed by atoms with E-state index in [-0.39, 0.29) is 6.04 Å². The van der Waals surface area contributed by atoms with Gasteiger partial charge in [0.15, 0.2) is 6.29 Å². The number of hydrogen-bond acceptors (Lipinski definition) is 3. The number of pyridine rings is 1. The molecule has 70 valence electrons. The van der Waals surface area contributed by atoms with Crippen LogP contribution in [0.1, 0.15) is 42.0 Å². The Morgan fingerprint density at radius 2 is 2.38 bits per heavy atom. The lowest BCUT2D eigenvalue weighted by Gasteiger charge is -2.09. The number of aldehydes is 1. The third-order valence-electron chi connectivity index (χ3n) is 1.89. The molecule has 1 atom stereocenters. The van der Waals surface area contributed by atoms with Crippen LogP contribution < -0.4 is 5.73 Å². The summed E-state index contributed by atoms with van der Waals surface area (Å²) in [6, 6.07) is 5.29. The van der Waals surface area contributed by atoms with Gasteiger partial charge < -0.3 is 5.73 Å². The van der Waals surface area contributed by atoms with E-state index < -0.39 is 0 Å². The van der Waals surface area contributed by atoms with Crippen molar-refractivity contribution in [2.45, 2.75) is 25.8 Å². The summed E-state index contributed by atoms with van der Waals surface area (Å²) < 4.78 is 0. The predicted octanol–water partition coefficient (Wildman–Crippen LogP) is 1.69. The maximum atomic E-state index is 10.4. The number of carbonyl (C=O) groups is 1. The van der Waals surface area contributed by atoms with Gasteiger partial charge in [-0.05, 0) is 18.6 Å². The zero-order chi connectivity index (χ0) is 9.68. The number of rotatable bonds is 4. The van der Waals surface area contributed by atoms with Crippen molar-refractivity contribution in [1.82, 2.24) is 4.98 Å². The molecule has 3 heteroatoms. The van der Waals surface area contributed by atoms with Crippen LogP contribution in [0.5, 0.6) is 0 Å². The van der Waals surface area contributed by atoms with Gasteiger partial charge in [-0.2, -0.15) is 0 Å². The first-order valence-corrected chi connectivity index (χ1v) is 4.45. The second kappa shape index (κ2) is 4.72. The maximum Gasteiger partial charge on any atom is 0.168 e. The summed E-state index contributed by atoms with van der Waals surface area (Å²) >= 11 is 0. The van der Waals surface area contributed by atoms with Gasteiger partial charge in [-0.25, -0.2) is 4.98 Å². The van der Waals surface area contributed by atoms with Crippen molar-refractivity contribution >= 4 is 6.29 Å². The Balaban J connectivity index is 2.81. The van der Waals surface area contributed by atoms with Crippen LogP contribution in [0.3, 0.4) is 0 Å². The molecule has 1 aromatic rings. The van der Waals surface area contributed by atoms with Gasteiger partial charge >= 0.3 is 0 Å². The number of carbonyl (C=O) groups excluding carboxylic acids is 1. The van der Waals surface area contributed by atoms with Crippen LogP contribution >= 0.6 is 0 Å². The van der Waals surface area contributed by atoms with Gasteiger partial charge in [0.25, 0.3) is 0 Å². The van der Waals surface area contributed by atoms with Crippen LogP contribution in [0, 0.1) is 0 Å². The molecule has 0 fully saturated rings. The van der Waals surface area contributed by atoms with E-state index in [0.717, 1.165) is 24.8 Å². The van der Waals surface area contributed by atoms with Crippen LogP contribution in [0.25, 0.3) is 0 Å². The van der Waals surface area contributed by atoms with Crippen molar-refractivity contribution in [1.29, 1.82) is 0 Å². The molecule has 2 N–H and O–H groups in total. The quantitative estimate of drug-likeness (QED) is 0.714. The number of aromatic nitrogens is 1. The normalized spacial score (nSPS) is 12.5. The van der Waals surface area contributed by atoms with Crippen molar-refractivity contribution < 1.29 is 4.79 Å². The highest BCUT2D eigenvalue weighted by Crippen LogP contribution is 2.12. The van der Waals surface area contributed by atoms with Crippen molar-refractivity contribution in [3.05, 3.63) is 29.6 Å². The Labute approximate surface area is 78.0 Å². The lowest BCUT2D eigenvalue weighted by molar-refractivity contribution is 0.111. The summed E-state index contributed by atoms with van der Waals surface area (Å²) in [5, 5.41) is 0. The van der Waals surface area contributed by atoms with Gasteiger partial charge in [0.2, 0.25) is 0 Å². The molecule has 0 aliphatic carbocycles. The first-order valence-electron chi connectivity index (χ1n) is 4.45. The lowest BCUT2D eigenvalue weighted by atomic mass is 10.1. The van der Waals surface area contributed by atoms with Crippen LogP contribution in [-0.4, -0.2) is 11.3 Å². The Kier molecular flexibility index (Phi) is 3.58. The molecule has 0 aromatic carbocycles. The Morgan fingerprint density at radius 3 is 3.00 bits per heavy atom. The lowest BCUT2D eigenvalue weighted by Crippen LogP contribution is -2.12. The summed E-state index contributed by atoms with van der Waals surface area (Å²) in [5.74, 6) is 0. The molecule has 1 aromatic heterocycles. The molecule has 1 rings (SSSR count). The average Bonchev–Trinajstić information content (AvgIpc) is 2.18. The minimum Gasteiger partial charge on any atom is -0.323 e. The standard InChI is InChI=1S/C10H14N2O/c1-2-4-9(11)10-6-3-5-8(7-13)12-10/h3,5-7,9H,2,4,11H2,1H3. The van der Waals surface area contributed by atoms with E-state index in [1.54, 1.807) is 6.07 Å². The number of hydrogen-bond donors (Lipinski definition) is 1. The first kappa shape index (κ1) is 9.86. The van der Waals surface area contributed by atoms with E-state index in [1.165, 1.54) is 0 Å². The summed E-state index contributed by atoms with van der Waals surface area (Å²) in [7, 11) is 0. The molecule has 0 saturated carbocycles. The SMILES string of the molecule is CCCC(N)c1cccc(C=O)n1. The topological polar surface area (TPSA) is 56.0 Å². The van der Waals surface area contributed by atoms with Crippen LogP contribution in [0.2, 0.25) is 0 Å². The van der Waals surface area contributed by atoms with Gasteiger partial charge in [-0.3, -0.25) is 4.79 Å². The number of nitrogens with two attached hydrogens (primary N) is 1. The van der Waals surface area contributed by atoms with Gasteiger partial charge in [-0.15, -0.1) is 0 Å². The van der Waals surface area contributed by atoms with E-state index in [9.17, 15) is 4.79 Å². The summed E-state index contributed by atoms with van der Waals surface area (Å²) in [6.45, 7) is 2.07. The Bertz CT molecular complexity index is 286. The molecule has 0 radical (unpaired) electrons. The fourth-order valence-corrected chi connectivity index (χ4v) is 1.20. The molecule has 0 spiro atoms. The highest BCUT2D eigenvalue weighted by atomic mass is 16.1. The highest BCUT2D eigenvalue weighted by Gasteiger charge is 2.05. The molecule has 13 heavy (non-hydrogen) atoms. The van der Waals surface area contributed by atoms with Crippen LogP contribution in [0.15, 0.2) is 18.2 Å². The van der Waals surface area contributed by atoms with E-state index >= 15 is 0 Å². The molecule has 1 unspecified atom stereocenters. The molecular formula is C10H14N2O. The Morgan fingerprint density at radius 1 is 1.62 bits per heavy atom. The highest BCUT2D eigenvalue weighted by molar-refractivity contribution is 5.71. The monoisotopic (exact) mass is 178 g/mol. The van der Waals surface area contributed by atoms with Gasteiger partial charge in [0.1, 0.15) is 5.69 Å². The minimum absolute atomic E-state index is 0.0510. The Hall–Kier alpha value is -1.22. The van der Waals surface area contributed by atoms with Gasteiger partial charge in [-0.1, -0.05) is 19.4 Å². The third kappa shape index (κ3) is 2.63. The predicted molar refractivity (Wildman–Crippen MR) is 51.5 cm³/mol. The second-order valence-corrected chi connectivity index (χ2v) is 3.00. The molecule has 0 amide bonds. The van der Waals surface area contributed by atoms with E-state index in [4.69, 9.17) is 5.73 Å². The van der Waals surface area contributed by atoms with Crippen molar-refractivity contribution in [3.63, 3.8) is 0 Å². The zero-order valence-corrected chi connectivity index (χ0v) is 7.73. The molecule has 0 bridgehead atoms. The molecule has 0 saturated heterocycles. The largest absolute Gasteiger partial charge is 0.323 e. The average molecular weight is 178 g/mol. The summed E-state index contributed by atoms with van der Waals surface area (Å²) in [4.78, 5) is 14.6. The smallest absolute Gasteiger partial charge is 0.168 e. The molecule has 3 nitrogen and oxygen atoms in total. The number of nitrogens with zero attached hydrogens (tertiary/aromatic N) is 1. The zero-order valence-electron chi connectivity index (χ0n) is 7.73.